The van der Waals surface area contributed by atoms with E-state index in [1.54, 1.807) is 18.2 Å². The third-order valence-corrected chi connectivity index (χ3v) is 2.47. The first-order valence-electron chi connectivity index (χ1n) is 3.91. The van der Waals surface area contributed by atoms with Crippen molar-refractivity contribution in [1.82, 2.24) is 0 Å². The standard InChI is InChI=1S/C10H7ClO2/c11-9-4-2-6-5-7(10(12)13)1-3-8(6)9/h1,3-5H,2H2,(H,12,13). The molecule has 1 aromatic carbocycles. The summed E-state index contributed by atoms with van der Waals surface area (Å²) in [5.41, 5.74) is 2.26. The first kappa shape index (κ1) is 8.32. The zero-order valence-corrected chi connectivity index (χ0v) is 7.51. The summed E-state index contributed by atoms with van der Waals surface area (Å²) in [5.74, 6) is -0.897. The van der Waals surface area contributed by atoms with E-state index in [0.717, 1.165) is 17.5 Å². The van der Waals surface area contributed by atoms with Gasteiger partial charge in [0, 0.05) is 5.03 Å². The molecule has 66 valence electrons. The monoisotopic (exact) mass is 194 g/mol. The van der Waals surface area contributed by atoms with E-state index in [1.165, 1.54) is 0 Å². The number of benzene rings is 1. The lowest BCUT2D eigenvalue weighted by atomic mass is 10.1. The molecular formula is C10H7ClO2. The van der Waals surface area contributed by atoms with Crippen molar-refractivity contribution in [2.24, 2.45) is 0 Å². The Kier molecular flexibility index (Phi) is 1.85. The molecule has 0 radical (unpaired) electrons. The Labute approximate surface area is 80.5 Å². The number of rotatable bonds is 1. The molecule has 0 fully saturated rings. The average Bonchev–Trinajstić information content (AvgIpc) is 2.47. The van der Waals surface area contributed by atoms with Crippen molar-refractivity contribution in [1.29, 1.82) is 0 Å². The number of carboxylic acids is 1. The number of aromatic carboxylic acids is 1. The van der Waals surface area contributed by atoms with Crippen LogP contribution in [-0.2, 0) is 6.42 Å². The molecule has 0 spiro atoms. The van der Waals surface area contributed by atoms with Gasteiger partial charge in [-0.05, 0) is 29.7 Å². The zero-order valence-electron chi connectivity index (χ0n) is 6.75. The Morgan fingerprint density at radius 2 is 2.23 bits per heavy atom. The highest BCUT2D eigenvalue weighted by Gasteiger charge is 2.14. The predicted octanol–water partition coefficient (Wildman–Crippen LogP) is 2.52. The third kappa shape index (κ3) is 1.33. The minimum atomic E-state index is -0.897. The molecule has 0 aliphatic heterocycles. The number of carbonyl (C=O) groups is 1. The van der Waals surface area contributed by atoms with Crippen LogP contribution in [0.3, 0.4) is 0 Å². The summed E-state index contributed by atoms with van der Waals surface area (Å²) in [5, 5.41) is 9.45. The molecule has 2 nitrogen and oxygen atoms in total. The Hall–Kier alpha value is -1.28. The van der Waals surface area contributed by atoms with E-state index in [2.05, 4.69) is 0 Å². The van der Waals surface area contributed by atoms with Gasteiger partial charge in [0.25, 0.3) is 0 Å². The van der Waals surface area contributed by atoms with E-state index >= 15 is 0 Å². The lowest BCUT2D eigenvalue weighted by molar-refractivity contribution is 0.0697. The van der Waals surface area contributed by atoms with Crippen molar-refractivity contribution in [2.75, 3.05) is 0 Å². The Balaban J connectivity index is 2.49. The fraction of sp³-hybridized carbons (Fsp3) is 0.100. The first-order chi connectivity index (χ1) is 6.18. The van der Waals surface area contributed by atoms with Crippen LogP contribution >= 0.6 is 11.6 Å². The maximum absolute atomic E-state index is 10.6. The lowest BCUT2D eigenvalue weighted by Crippen LogP contribution is -1.97. The molecule has 0 amide bonds. The van der Waals surface area contributed by atoms with Crippen LogP contribution in [0.15, 0.2) is 24.3 Å². The fourth-order valence-corrected chi connectivity index (χ4v) is 1.70. The van der Waals surface area contributed by atoms with Gasteiger partial charge in [0.15, 0.2) is 0 Å². The van der Waals surface area contributed by atoms with Crippen LogP contribution in [0.4, 0.5) is 0 Å². The summed E-state index contributed by atoms with van der Waals surface area (Å²) in [6.45, 7) is 0. The topological polar surface area (TPSA) is 37.3 Å². The second-order valence-electron chi connectivity index (χ2n) is 2.93. The maximum Gasteiger partial charge on any atom is 0.335 e. The van der Waals surface area contributed by atoms with E-state index in [1.807, 2.05) is 6.08 Å². The lowest BCUT2D eigenvalue weighted by Gasteiger charge is -2.01. The van der Waals surface area contributed by atoms with Gasteiger partial charge in [0.1, 0.15) is 0 Å². The highest BCUT2D eigenvalue weighted by molar-refractivity contribution is 6.49. The van der Waals surface area contributed by atoms with Crippen molar-refractivity contribution in [3.05, 3.63) is 41.0 Å². The molecule has 1 aliphatic carbocycles. The highest BCUT2D eigenvalue weighted by Crippen LogP contribution is 2.30. The summed E-state index contributed by atoms with van der Waals surface area (Å²) in [6, 6.07) is 5.00. The number of hydrogen-bond acceptors (Lipinski definition) is 1. The van der Waals surface area contributed by atoms with Crippen LogP contribution in [0.25, 0.3) is 5.03 Å². The van der Waals surface area contributed by atoms with Crippen molar-refractivity contribution in [3.63, 3.8) is 0 Å². The smallest absolute Gasteiger partial charge is 0.335 e. The van der Waals surface area contributed by atoms with Crippen LogP contribution in [-0.4, -0.2) is 11.1 Å². The van der Waals surface area contributed by atoms with E-state index in [9.17, 15) is 4.79 Å². The van der Waals surface area contributed by atoms with Gasteiger partial charge in [-0.3, -0.25) is 0 Å². The predicted molar refractivity (Wildman–Crippen MR) is 50.9 cm³/mol. The number of allylic oxidation sites excluding steroid dienone is 1. The SMILES string of the molecule is O=C(O)c1ccc2c(c1)CC=C2Cl. The van der Waals surface area contributed by atoms with Crippen molar-refractivity contribution in [2.45, 2.75) is 6.42 Å². The Bertz CT molecular complexity index is 407. The molecule has 0 unspecified atom stereocenters. The van der Waals surface area contributed by atoms with Crippen LogP contribution < -0.4 is 0 Å². The van der Waals surface area contributed by atoms with Gasteiger partial charge in [-0.2, -0.15) is 0 Å². The van der Waals surface area contributed by atoms with Gasteiger partial charge in [0.05, 0.1) is 5.56 Å². The van der Waals surface area contributed by atoms with Gasteiger partial charge >= 0.3 is 5.97 Å². The summed E-state index contributed by atoms with van der Waals surface area (Å²) in [6.07, 6.45) is 2.62. The molecule has 1 aliphatic rings. The average molecular weight is 195 g/mol. The summed E-state index contributed by atoms with van der Waals surface area (Å²) in [4.78, 5) is 10.6. The van der Waals surface area contributed by atoms with Crippen molar-refractivity contribution in [3.8, 4) is 0 Å². The van der Waals surface area contributed by atoms with E-state index in [-0.39, 0.29) is 0 Å². The Morgan fingerprint density at radius 3 is 2.92 bits per heavy atom. The van der Waals surface area contributed by atoms with E-state index in [0.29, 0.717) is 10.6 Å². The van der Waals surface area contributed by atoms with E-state index in [4.69, 9.17) is 16.7 Å². The van der Waals surface area contributed by atoms with Gasteiger partial charge in [-0.1, -0.05) is 23.7 Å². The summed E-state index contributed by atoms with van der Waals surface area (Å²) < 4.78 is 0. The van der Waals surface area contributed by atoms with E-state index < -0.39 is 5.97 Å². The first-order valence-corrected chi connectivity index (χ1v) is 4.28. The molecule has 2 rings (SSSR count). The third-order valence-electron chi connectivity index (χ3n) is 2.11. The zero-order chi connectivity index (χ0) is 9.42. The molecule has 0 saturated carbocycles. The van der Waals surface area contributed by atoms with Crippen LogP contribution in [0.1, 0.15) is 21.5 Å². The molecule has 0 atom stereocenters. The van der Waals surface area contributed by atoms with Gasteiger partial charge < -0.3 is 5.11 Å². The molecular weight excluding hydrogens is 188 g/mol. The second kappa shape index (κ2) is 2.89. The fourth-order valence-electron chi connectivity index (χ4n) is 1.44. The molecule has 0 heterocycles. The number of halogens is 1. The number of carboxylic acid groups (broad SMARTS) is 1. The summed E-state index contributed by atoms with van der Waals surface area (Å²) >= 11 is 5.89. The molecule has 3 heteroatoms. The van der Waals surface area contributed by atoms with Crippen LogP contribution in [0.2, 0.25) is 0 Å². The summed E-state index contributed by atoms with van der Waals surface area (Å²) in [7, 11) is 0. The molecule has 0 bridgehead atoms. The highest BCUT2D eigenvalue weighted by atomic mass is 35.5. The van der Waals surface area contributed by atoms with Crippen molar-refractivity contribution < 1.29 is 9.90 Å². The molecule has 0 saturated heterocycles. The largest absolute Gasteiger partial charge is 0.478 e. The minimum Gasteiger partial charge on any atom is -0.478 e. The normalized spacial score (nSPS) is 13.8. The number of hydrogen-bond donors (Lipinski definition) is 1. The molecule has 1 aromatic rings. The van der Waals surface area contributed by atoms with Gasteiger partial charge in [0.2, 0.25) is 0 Å². The van der Waals surface area contributed by atoms with Crippen molar-refractivity contribution >= 4 is 22.6 Å². The molecule has 1 N–H and O–H groups in total. The van der Waals surface area contributed by atoms with Gasteiger partial charge in [-0.25, -0.2) is 4.79 Å². The van der Waals surface area contributed by atoms with Crippen LogP contribution in [0, 0.1) is 0 Å². The molecule has 0 aromatic heterocycles. The van der Waals surface area contributed by atoms with Crippen LogP contribution in [0.5, 0.6) is 0 Å². The second-order valence-corrected chi connectivity index (χ2v) is 3.34. The minimum absolute atomic E-state index is 0.318. The maximum atomic E-state index is 10.6. The number of fused-ring (bicyclic) bond motifs is 1. The van der Waals surface area contributed by atoms with Gasteiger partial charge in [-0.15, -0.1) is 0 Å². The quantitative estimate of drug-likeness (QED) is 0.746. The molecule has 13 heavy (non-hydrogen) atoms. The Morgan fingerprint density at radius 1 is 1.46 bits per heavy atom.